The standard InChI is InChI=1S/C13H16N2O/c1-10-5-6-15(13(10)9-16)12-4-2-3-11(7-12)8-14/h2-4,7,10,13,16H,5-6,9H2,1H3. The van der Waals surface area contributed by atoms with Crippen molar-refractivity contribution in [1.29, 1.82) is 5.26 Å². The molecule has 0 aliphatic carbocycles. The molecule has 2 rings (SSSR count). The Bertz CT molecular complexity index is 411. The van der Waals surface area contributed by atoms with Crippen molar-refractivity contribution < 1.29 is 5.11 Å². The molecule has 0 aromatic heterocycles. The lowest BCUT2D eigenvalue weighted by molar-refractivity contribution is 0.245. The van der Waals surface area contributed by atoms with E-state index in [9.17, 15) is 5.11 Å². The maximum Gasteiger partial charge on any atom is 0.0992 e. The van der Waals surface area contributed by atoms with Crippen LogP contribution in [-0.4, -0.2) is 24.3 Å². The Balaban J connectivity index is 2.27. The minimum atomic E-state index is 0.179. The molecule has 0 bridgehead atoms. The Morgan fingerprint density at radius 3 is 3.06 bits per heavy atom. The predicted molar refractivity (Wildman–Crippen MR) is 63.2 cm³/mol. The molecule has 1 aromatic rings. The first-order valence-electron chi connectivity index (χ1n) is 5.64. The fourth-order valence-electron chi connectivity index (χ4n) is 2.36. The average Bonchev–Trinajstić information content (AvgIpc) is 2.70. The number of nitrogens with zero attached hydrogens (tertiary/aromatic N) is 2. The van der Waals surface area contributed by atoms with Crippen LogP contribution in [0.4, 0.5) is 5.69 Å². The van der Waals surface area contributed by atoms with Gasteiger partial charge in [-0.3, -0.25) is 0 Å². The van der Waals surface area contributed by atoms with Crippen LogP contribution in [0.5, 0.6) is 0 Å². The number of anilines is 1. The van der Waals surface area contributed by atoms with E-state index in [0.29, 0.717) is 11.5 Å². The second kappa shape index (κ2) is 4.54. The van der Waals surface area contributed by atoms with E-state index in [-0.39, 0.29) is 12.6 Å². The Morgan fingerprint density at radius 2 is 2.38 bits per heavy atom. The van der Waals surface area contributed by atoms with Gasteiger partial charge in [-0.25, -0.2) is 0 Å². The molecule has 3 heteroatoms. The highest BCUT2D eigenvalue weighted by atomic mass is 16.3. The summed E-state index contributed by atoms with van der Waals surface area (Å²) in [7, 11) is 0. The largest absolute Gasteiger partial charge is 0.394 e. The summed E-state index contributed by atoms with van der Waals surface area (Å²) < 4.78 is 0. The van der Waals surface area contributed by atoms with Crippen LogP contribution in [0.2, 0.25) is 0 Å². The summed E-state index contributed by atoms with van der Waals surface area (Å²) in [4.78, 5) is 2.20. The van der Waals surface area contributed by atoms with Crippen molar-refractivity contribution in [2.45, 2.75) is 19.4 Å². The molecule has 0 saturated carbocycles. The van der Waals surface area contributed by atoms with Crippen molar-refractivity contribution >= 4 is 5.69 Å². The highest BCUT2D eigenvalue weighted by Gasteiger charge is 2.30. The summed E-state index contributed by atoms with van der Waals surface area (Å²) in [5, 5.41) is 18.3. The lowest BCUT2D eigenvalue weighted by Gasteiger charge is -2.27. The summed E-state index contributed by atoms with van der Waals surface area (Å²) >= 11 is 0. The van der Waals surface area contributed by atoms with Gasteiger partial charge in [0, 0.05) is 12.2 Å². The average molecular weight is 216 g/mol. The lowest BCUT2D eigenvalue weighted by Crippen LogP contribution is -2.35. The van der Waals surface area contributed by atoms with E-state index in [4.69, 9.17) is 5.26 Å². The van der Waals surface area contributed by atoms with Crippen molar-refractivity contribution in [3.05, 3.63) is 29.8 Å². The van der Waals surface area contributed by atoms with Crippen LogP contribution < -0.4 is 4.90 Å². The van der Waals surface area contributed by atoms with E-state index in [1.807, 2.05) is 18.2 Å². The minimum absolute atomic E-state index is 0.179. The zero-order valence-corrected chi connectivity index (χ0v) is 9.43. The number of hydrogen-bond acceptors (Lipinski definition) is 3. The van der Waals surface area contributed by atoms with Gasteiger partial charge in [-0.2, -0.15) is 5.26 Å². The Morgan fingerprint density at radius 1 is 1.56 bits per heavy atom. The van der Waals surface area contributed by atoms with Crippen molar-refractivity contribution in [2.24, 2.45) is 5.92 Å². The van der Waals surface area contributed by atoms with E-state index in [1.165, 1.54) is 0 Å². The zero-order valence-electron chi connectivity index (χ0n) is 9.43. The molecule has 1 aliphatic heterocycles. The van der Waals surface area contributed by atoms with Crippen LogP contribution in [0.25, 0.3) is 0 Å². The van der Waals surface area contributed by atoms with E-state index < -0.39 is 0 Å². The summed E-state index contributed by atoms with van der Waals surface area (Å²) in [6.45, 7) is 3.30. The summed E-state index contributed by atoms with van der Waals surface area (Å²) in [5.41, 5.74) is 1.72. The quantitative estimate of drug-likeness (QED) is 0.819. The van der Waals surface area contributed by atoms with Crippen LogP contribution in [0.1, 0.15) is 18.9 Å². The van der Waals surface area contributed by atoms with Crippen LogP contribution in [0.15, 0.2) is 24.3 Å². The maximum atomic E-state index is 9.39. The van der Waals surface area contributed by atoms with Crippen LogP contribution >= 0.6 is 0 Å². The summed E-state index contributed by atoms with van der Waals surface area (Å²) in [5.74, 6) is 0.510. The number of rotatable bonds is 2. The van der Waals surface area contributed by atoms with Gasteiger partial charge in [0.25, 0.3) is 0 Å². The third-order valence-corrected chi connectivity index (χ3v) is 3.38. The maximum absolute atomic E-state index is 9.39. The number of aliphatic hydroxyl groups is 1. The van der Waals surface area contributed by atoms with Gasteiger partial charge in [-0.05, 0) is 30.5 Å². The van der Waals surface area contributed by atoms with Crippen LogP contribution in [0, 0.1) is 17.2 Å². The van der Waals surface area contributed by atoms with Crippen molar-refractivity contribution in [2.75, 3.05) is 18.1 Å². The minimum Gasteiger partial charge on any atom is -0.394 e. The second-order valence-corrected chi connectivity index (χ2v) is 4.37. The smallest absolute Gasteiger partial charge is 0.0992 e. The molecule has 1 saturated heterocycles. The van der Waals surface area contributed by atoms with Gasteiger partial charge in [-0.1, -0.05) is 13.0 Å². The van der Waals surface area contributed by atoms with Crippen molar-refractivity contribution in [3.8, 4) is 6.07 Å². The highest BCUT2D eigenvalue weighted by Crippen LogP contribution is 2.29. The molecule has 1 aliphatic rings. The normalized spacial score (nSPS) is 24.4. The molecule has 1 fully saturated rings. The topological polar surface area (TPSA) is 47.3 Å². The fourth-order valence-corrected chi connectivity index (χ4v) is 2.36. The van der Waals surface area contributed by atoms with Gasteiger partial charge >= 0.3 is 0 Å². The highest BCUT2D eigenvalue weighted by molar-refractivity contribution is 5.53. The first-order valence-corrected chi connectivity index (χ1v) is 5.64. The molecule has 0 spiro atoms. The van der Waals surface area contributed by atoms with Gasteiger partial charge < -0.3 is 10.0 Å². The third-order valence-electron chi connectivity index (χ3n) is 3.38. The van der Waals surface area contributed by atoms with Crippen molar-refractivity contribution in [3.63, 3.8) is 0 Å². The Hall–Kier alpha value is -1.53. The van der Waals surface area contributed by atoms with Gasteiger partial charge in [0.15, 0.2) is 0 Å². The number of benzene rings is 1. The third kappa shape index (κ3) is 1.89. The summed E-state index contributed by atoms with van der Waals surface area (Å²) in [6, 6.07) is 9.92. The number of aliphatic hydroxyl groups excluding tert-OH is 1. The number of nitriles is 1. The number of hydrogen-bond donors (Lipinski definition) is 1. The molecule has 16 heavy (non-hydrogen) atoms. The molecular weight excluding hydrogens is 200 g/mol. The molecule has 2 atom stereocenters. The van der Waals surface area contributed by atoms with Gasteiger partial charge in [-0.15, -0.1) is 0 Å². The molecule has 1 heterocycles. The van der Waals surface area contributed by atoms with Gasteiger partial charge in [0.05, 0.1) is 24.3 Å². The van der Waals surface area contributed by atoms with Gasteiger partial charge in [0.2, 0.25) is 0 Å². The molecular formula is C13H16N2O. The first-order chi connectivity index (χ1) is 7.76. The molecule has 2 unspecified atom stereocenters. The zero-order chi connectivity index (χ0) is 11.5. The SMILES string of the molecule is CC1CCN(c2cccc(C#N)c2)C1CO. The Labute approximate surface area is 95.9 Å². The fraction of sp³-hybridized carbons (Fsp3) is 0.462. The van der Waals surface area contributed by atoms with E-state index in [1.54, 1.807) is 6.07 Å². The lowest BCUT2D eigenvalue weighted by atomic mass is 10.0. The van der Waals surface area contributed by atoms with Gasteiger partial charge in [0.1, 0.15) is 0 Å². The molecule has 1 N–H and O–H groups in total. The van der Waals surface area contributed by atoms with Crippen molar-refractivity contribution in [1.82, 2.24) is 0 Å². The molecule has 3 nitrogen and oxygen atoms in total. The molecule has 0 radical (unpaired) electrons. The summed E-state index contributed by atoms with van der Waals surface area (Å²) in [6.07, 6.45) is 1.10. The predicted octanol–water partition coefficient (Wildman–Crippen LogP) is 1.77. The monoisotopic (exact) mass is 216 g/mol. The van der Waals surface area contributed by atoms with E-state index in [2.05, 4.69) is 17.9 Å². The molecule has 1 aromatic carbocycles. The molecule has 84 valence electrons. The molecule has 0 amide bonds. The first kappa shape index (κ1) is 11.0. The second-order valence-electron chi connectivity index (χ2n) is 4.37. The van der Waals surface area contributed by atoms with Crippen LogP contribution in [-0.2, 0) is 0 Å². The van der Waals surface area contributed by atoms with Crippen LogP contribution in [0.3, 0.4) is 0 Å². The Kier molecular flexibility index (Phi) is 3.12. The van der Waals surface area contributed by atoms with E-state index >= 15 is 0 Å². The van der Waals surface area contributed by atoms with E-state index in [0.717, 1.165) is 18.7 Å².